The fourth-order valence-corrected chi connectivity index (χ4v) is 2.76. The summed E-state index contributed by atoms with van der Waals surface area (Å²) >= 11 is 0. The van der Waals surface area contributed by atoms with Gasteiger partial charge < -0.3 is 27.1 Å². The molecule has 2 aromatic carbocycles. The number of carbonyl (C=O) groups is 2. The maximum Gasteiger partial charge on any atom is 0.272 e. The third kappa shape index (κ3) is 4.78. The number of amides is 2. The van der Waals surface area contributed by atoms with Crippen molar-refractivity contribution >= 4 is 45.8 Å². The predicted molar refractivity (Wildman–Crippen MR) is 115 cm³/mol. The maximum atomic E-state index is 12.6. The van der Waals surface area contributed by atoms with Crippen molar-refractivity contribution in [3.63, 3.8) is 0 Å². The Morgan fingerprint density at radius 3 is 2.34 bits per heavy atom. The van der Waals surface area contributed by atoms with Gasteiger partial charge in [-0.25, -0.2) is 0 Å². The number of anilines is 2. The van der Waals surface area contributed by atoms with E-state index >= 15 is 0 Å². The largest absolute Gasteiger partial charge is 0.369 e. The number of carbonyl (C=O) groups excluding carboxylic acids is 2. The summed E-state index contributed by atoms with van der Waals surface area (Å²) in [7, 11) is 0. The number of benzene rings is 2. The summed E-state index contributed by atoms with van der Waals surface area (Å²) in [5.74, 6) is -0.598. The second-order valence-corrected chi connectivity index (χ2v) is 6.38. The minimum Gasteiger partial charge on any atom is -0.369 e. The van der Waals surface area contributed by atoms with Crippen LogP contribution in [0.4, 0.5) is 11.4 Å². The highest BCUT2D eigenvalue weighted by Gasteiger charge is 2.12. The lowest BCUT2D eigenvalue weighted by Gasteiger charge is -2.05. The number of H-pyrrole nitrogens is 1. The molecule has 1 heterocycles. The highest BCUT2D eigenvalue weighted by atomic mass is 16.2. The first-order valence-electron chi connectivity index (χ1n) is 8.78. The molecule has 0 fully saturated rings. The Labute approximate surface area is 166 Å². The topological polar surface area (TPSA) is 151 Å². The molecule has 3 rings (SSSR count). The minimum absolute atomic E-state index is 0.117. The summed E-state index contributed by atoms with van der Waals surface area (Å²) in [4.78, 5) is 27.0. The predicted octanol–water partition coefficient (Wildman–Crippen LogP) is 2.38. The summed E-state index contributed by atoms with van der Waals surface area (Å²) < 4.78 is 0. The van der Waals surface area contributed by atoms with Crippen LogP contribution in [0.3, 0.4) is 0 Å². The Kier molecular flexibility index (Phi) is 5.59. The molecular weight excluding hydrogens is 370 g/mol. The van der Waals surface area contributed by atoms with E-state index in [9.17, 15) is 9.59 Å². The number of para-hydroxylation sites is 1. The Balaban J connectivity index is 1.77. The molecule has 1 aromatic heterocycles. The van der Waals surface area contributed by atoms with Gasteiger partial charge in [-0.15, -0.1) is 5.10 Å². The Bertz CT molecular complexity index is 1120. The molecule has 148 valence electrons. The van der Waals surface area contributed by atoms with Gasteiger partial charge in [0.1, 0.15) is 5.69 Å². The van der Waals surface area contributed by atoms with Crippen LogP contribution in [0.25, 0.3) is 10.9 Å². The van der Waals surface area contributed by atoms with Gasteiger partial charge in [-0.2, -0.15) is 5.10 Å². The number of nitrogens with one attached hydrogen (secondary N) is 3. The van der Waals surface area contributed by atoms with Crippen LogP contribution < -0.4 is 22.1 Å². The van der Waals surface area contributed by atoms with Crippen LogP contribution in [0.1, 0.15) is 29.9 Å². The number of guanidine groups is 1. The van der Waals surface area contributed by atoms with Crippen molar-refractivity contribution in [3.05, 3.63) is 59.8 Å². The maximum absolute atomic E-state index is 12.6. The molecule has 2 amide bonds. The minimum atomic E-state index is -0.298. The summed E-state index contributed by atoms with van der Waals surface area (Å²) in [5, 5.41) is 13.9. The van der Waals surface area contributed by atoms with Crippen molar-refractivity contribution in [2.75, 3.05) is 10.6 Å². The van der Waals surface area contributed by atoms with Gasteiger partial charge in [-0.1, -0.05) is 24.3 Å². The van der Waals surface area contributed by atoms with E-state index in [1.807, 2.05) is 12.1 Å². The van der Waals surface area contributed by atoms with Gasteiger partial charge >= 0.3 is 0 Å². The van der Waals surface area contributed by atoms with Crippen LogP contribution in [0.2, 0.25) is 0 Å². The summed E-state index contributed by atoms with van der Waals surface area (Å²) in [6.07, 6.45) is 0. The molecule has 0 spiro atoms. The lowest BCUT2D eigenvalue weighted by molar-refractivity contribution is -0.114. The molecule has 0 radical (unpaired) electrons. The van der Waals surface area contributed by atoms with Gasteiger partial charge in [0.05, 0.1) is 16.9 Å². The van der Waals surface area contributed by atoms with E-state index in [2.05, 4.69) is 25.8 Å². The standard InChI is InChI=1S/C20H21N7O2/c1-11(26-27-20(21)22)13-6-8-15(9-7-13)24-19(29)17-10-14-4-3-5-16(18(14)25-17)23-12(2)28/h3-10,25H,1-2H3,(H,23,28)(H,24,29)(H4,21,22,27). The van der Waals surface area contributed by atoms with Crippen LogP contribution in [0, 0.1) is 0 Å². The molecule has 0 unspecified atom stereocenters. The third-order valence-corrected chi connectivity index (χ3v) is 4.09. The Morgan fingerprint density at radius 2 is 1.69 bits per heavy atom. The molecule has 0 saturated carbocycles. The number of fused-ring (bicyclic) bond motifs is 1. The smallest absolute Gasteiger partial charge is 0.272 e. The number of hydrogen-bond acceptors (Lipinski definition) is 4. The van der Waals surface area contributed by atoms with Gasteiger partial charge in [0.15, 0.2) is 0 Å². The van der Waals surface area contributed by atoms with Crippen LogP contribution in [-0.4, -0.2) is 28.5 Å². The number of aromatic amines is 1. The van der Waals surface area contributed by atoms with E-state index < -0.39 is 0 Å². The fraction of sp³-hybridized carbons (Fsp3) is 0.100. The second-order valence-electron chi connectivity index (χ2n) is 6.38. The molecule has 0 aliphatic rings. The van der Waals surface area contributed by atoms with Gasteiger partial charge in [-0.3, -0.25) is 9.59 Å². The van der Waals surface area contributed by atoms with Crippen molar-refractivity contribution in [2.24, 2.45) is 21.7 Å². The Hall–Kier alpha value is -4.14. The number of hydrogen-bond donors (Lipinski definition) is 5. The number of rotatable bonds is 5. The molecular formula is C20H21N7O2. The molecule has 9 heteroatoms. The fourth-order valence-electron chi connectivity index (χ4n) is 2.76. The van der Waals surface area contributed by atoms with E-state index in [-0.39, 0.29) is 17.8 Å². The molecule has 0 bridgehead atoms. The monoisotopic (exact) mass is 391 g/mol. The van der Waals surface area contributed by atoms with E-state index in [0.717, 1.165) is 10.9 Å². The van der Waals surface area contributed by atoms with E-state index in [4.69, 9.17) is 11.5 Å². The summed E-state index contributed by atoms with van der Waals surface area (Å²) in [6, 6.07) is 14.3. The molecule has 0 atom stereocenters. The van der Waals surface area contributed by atoms with Crippen molar-refractivity contribution in [3.8, 4) is 0 Å². The van der Waals surface area contributed by atoms with E-state index in [1.165, 1.54) is 6.92 Å². The van der Waals surface area contributed by atoms with Crippen LogP contribution in [0.5, 0.6) is 0 Å². The number of aromatic nitrogens is 1. The average molecular weight is 391 g/mol. The van der Waals surface area contributed by atoms with Crippen LogP contribution in [0.15, 0.2) is 58.7 Å². The molecule has 9 nitrogen and oxygen atoms in total. The quantitative estimate of drug-likeness (QED) is 0.258. The lowest BCUT2D eigenvalue weighted by atomic mass is 10.1. The first-order chi connectivity index (χ1) is 13.8. The van der Waals surface area contributed by atoms with Crippen molar-refractivity contribution < 1.29 is 9.59 Å². The first-order valence-corrected chi connectivity index (χ1v) is 8.78. The number of nitrogens with zero attached hydrogens (tertiary/aromatic N) is 2. The molecule has 3 aromatic rings. The Morgan fingerprint density at radius 1 is 0.966 bits per heavy atom. The molecule has 0 aliphatic carbocycles. The molecule has 0 aliphatic heterocycles. The number of nitrogens with two attached hydrogens (primary N) is 2. The second kappa shape index (κ2) is 8.26. The van der Waals surface area contributed by atoms with Crippen LogP contribution >= 0.6 is 0 Å². The zero-order valence-electron chi connectivity index (χ0n) is 16.0. The SMILES string of the molecule is CC(=O)Nc1cccc2cc(C(=O)Nc3ccc(C(C)=NN=C(N)N)cc3)[nH]c12. The lowest BCUT2D eigenvalue weighted by Crippen LogP contribution is -2.22. The van der Waals surface area contributed by atoms with E-state index in [0.29, 0.717) is 28.3 Å². The van der Waals surface area contributed by atoms with Gasteiger partial charge in [-0.05, 0) is 36.8 Å². The zero-order valence-corrected chi connectivity index (χ0v) is 16.0. The summed E-state index contributed by atoms with van der Waals surface area (Å²) in [5.41, 5.74) is 14.3. The van der Waals surface area contributed by atoms with E-state index in [1.54, 1.807) is 43.3 Å². The van der Waals surface area contributed by atoms with Crippen molar-refractivity contribution in [1.29, 1.82) is 0 Å². The highest BCUT2D eigenvalue weighted by molar-refractivity contribution is 6.08. The van der Waals surface area contributed by atoms with Gasteiger partial charge in [0, 0.05) is 18.0 Å². The van der Waals surface area contributed by atoms with Crippen molar-refractivity contribution in [1.82, 2.24) is 4.98 Å². The highest BCUT2D eigenvalue weighted by Crippen LogP contribution is 2.24. The molecule has 7 N–H and O–H groups in total. The average Bonchev–Trinajstić information content (AvgIpc) is 3.12. The normalized spacial score (nSPS) is 11.2. The van der Waals surface area contributed by atoms with Crippen molar-refractivity contribution in [2.45, 2.75) is 13.8 Å². The van der Waals surface area contributed by atoms with Gasteiger partial charge in [0.2, 0.25) is 11.9 Å². The van der Waals surface area contributed by atoms with Gasteiger partial charge in [0.25, 0.3) is 5.91 Å². The zero-order chi connectivity index (χ0) is 21.0. The molecule has 29 heavy (non-hydrogen) atoms. The summed E-state index contributed by atoms with van der Waals surface area (Å²) in [6.45, 7) is 3.21. The van der Waals surface area contributed by atoms with Crippen LogP contribution in [-0.2, 0) is 4.79 Å². The molecule has 0 saturated heterocycles. The third-order valence-electron chi connectivity index (χ3n) is 4.09. The first kappa shape index (κ1) is 19.6.